The molecule has 4 nitrogen and oxygen atoms in total. The van der Waals surface area contributed by atoms with Crippen molar-refractivity contribution < 1.29 is 17.3 Å². The molecule has 1 aromatic heterocycles. The average Bonchev–Trinajstić information content (AvgIpc) is 2.74. The van der Waals surface area contributed by atoms with Gasteiger partial charge in [0.2, 0.25) is 0 Å². The number of aryl methyl sites for hydroxylation is 1. The molecule has 0 fully saturated rings. The van der Waals surface area contributed by atoms with Crippen molar-refractivity contribution in [3.8, 4) is 0 Å². The van der Waals surface area contributed by atoms with Crippen LogP contribution in [0.5, 0.6) is 0 Å². The largest absolute Gasteiger partial charge is 0.361 e. The fourth-order valence-corrected chi connectivity index (χ4v) is 3.13. The highest BCUT2D eigenvalue weighted by molar-refractivity contribution is 7.90. The van der Waals surface area contributed by atoms with Gasteiger partial charge in [0.25, 0.3) is 0 Å². The fourth-order valence-electron chi connectivity index (χ4n) is 1.76. The molecule has 0 spiro atoms. The molecule has 1 atom stereocenters. The zero-order valence-electron chi connectivity index (χ0n) is 10.6. The van der Waals surface area contributed by atoms with E-state index in [-0.39, 0.29) is 11.6 Å². The van der Waals surface area contributed by atoms with Crippen LogP contribution < -0.4 is 0 Å². The molecular formula is C13H14FNO3S. The molecule has 19 heavy (non-hydrogen) atoms. The lowest BCUT2D eigenvalue weighted by molar-refractivity contribution is 0.392. The van der Waals surface area contributed by atoms with E-state index in [2.05, 4.69) is 5.16 Å². The summed E-state index contributed by atoms with van der Waals surface area (Å²) in [6, 6.07) is 7.05. The summed E-state index contributed by atoms with van der Waals surface area (Å²) in [6.45, 7) is 3.28. The second-order valence-corrected chi connectivity index (χ2v) is 6.75. The monoisotopic (exact) mass is 283 g/mol. The molecule has 0 saturated heterocycles. The Kier molecular flexibility index (Phi) is 3.71. The highest BCUT2D eigenvalue weighted by atomic mass is 32.2. The first kappa shape index (κ1) is 13.7. The molecule has 0 amide bonds. The standard InChI is InChI=1S/C13H14FNO3S/c1-9-7-13(15-18-9)8-19(16,17)10(2)11-3-5-12(14)6-4-11/h3-7,10H,8H2,1-2H3/t10-/m0/s1. The summed E-state index contributed by atoms with van der Waals surface area (Å²) in [5.41, 5.74) is 0.938. The van der Waals surface area contributed by atoms with Gasteiger partial charge in [0.05, 0.1) is 16.7 Å². The summed E-state index contributed by atoms with van der Waals surface area (Å²) in [5, 5.41) is 2.96. The highest BCUT2D eigenvalue weighted by Gasteiger charge is 2.24. The summed E-state index contributed by atoms with van der Waals surface area (Å²) in [4.78, 5) is 0. The molecule has 102 valence electrons. The molecule has 0 radical (unpaired) electrons. The molecule has 0 bridgehead atoms. The van der Waals surface area contributed by atoms with Crippen LogP contribution in [-0.4, -0.2) is 13.6 Å². The van der Waals surface area contributed by atoms with Crippen molar-refractivity contribution >= 4 is 9.84 Å². The first-order valence-electron chi connectivity index (χ1n) is 5.78. The minimum absolute atomic E-state index is 0.192. The SMILES string of the molecule is Cc1cc(CS(=O)(=O)[C@@H](C)c2ccc(F)cc2)no1. The van der Waals surface area contributed by atoms with Crippen molar-refractivity contribution in [2.75, 3.05) is 0 Å². The lowest BCUT2D eigenvalue weighted by Gasteiger charge is -2.12. The first-order chi connectivity index (χ1) is 8.88. The molecule has 0 aliphatic carbocycles. The molecule has 0 aliphatic heterocycles. The van der Waals surface area contributed by atoms with Crippen LogP contribution in [0.3, 0.4) is 0 Å². The Morgan fingerprint density at radius 1 is 1.32 bits per heavy atom. The minimum atomic E-state index is -3.41. The van der Waals surface area contributed by atoms with Gasteiger partial charge in [-0.1, -0.05) is 17.3 Å². The smallest absolute Gasteiger partial charge is 0.162 e. The van der Waals surface area contributed by atoms with Crippen LogP contribution in [0.4, 0.5) is 4.39 Å². The molecule has 0 N–H and O–H groups in total. The number of aromatic nitrogens is 1. The summed E-state index contributed by atoms with van der Waals surface area (Å²) in [5.74, 6) is -0.0109. The quantitative estimate of drug-likeness (QED) is 0.865. The Bertz CT molecular complexity index is 661. The van der Waals surface area contributed by atoms with Gasteiger partial charge in [-0.3, -0.25) is 0 Å². The average molecular weight is 283 g/mol. The van der Waals surface area contributed by atoms with Gasteiger partial charge in [0.1, 0.15) is 11.6 Å². The van der Waals surface area contributed by atoms with Gasteiger partial charge in [-0.05, 0) is 31.5 Å². The zero-order chi connectivity index (χ0) is 14.0. The Morgan fingerprint density at radius 3 is 2.47 bits per heavy atom. The normalized spacial score (nSPS) is 13.4. The molecule has 0 saturated carbocycles. The van der Waals surface area contributed by atoms with E-state index in [4.69, 9.17) is 4.52 Å². The number of nitrogens with zero attached hydrogens (tertiary/aromatic N) is 1. The Morgan fingerprint density at radius 2 is 1.95 bits per heavy atom. The van der Waals surface area contributed by atoms with Gasteiger partial charge < -0.3 is 4.52 Å². The van der Waals surface area contributed by atoms with Crippen LogP contribution >= 0.6 is 0 Å². The number of halogens is 1. The van der Waals surface area contributed by atoms with Crippen molar-refractivity contribution in [1.82, 2.24) is 5.16 Å². The molecule has 2 aromatic rings. The summed E-state index contributed by atoms with van der Waals surface area (Å²) < 4.78 is 42.1. The zero-order valence-corrected chi connectivity index (χ0v) is 11.4. The molecule has 1 aromatic carbocycles. The van der Waals surface area contributed by atoms with E-state index >= 15 is 0 Å². The van der Waals surface area contributed by atoms with Gasteiger partial charge >= 0.3 is 0 Å². The third kappa shape index (κ3) is 3.20. The van der Waals surface area contributed by atoms with E-state index in [0.717, 1.165) is 0 Å². The molecule has 6 heteroatoms. The van der Waals surface area contributed by atoms with E-state index in [9.17, 15) is 12.8 Å². The minimum Gasteiger partial charge on any atom is -0.361 e. The molecule has 2 rings (SSSR count). The lowest BCUT2D eigenvalue weighted by Crippen LogP contribution is -2.13. The van der Waals surface area contributed by atoms with E-state index in [1.165, 1.54) is 24.3 Å². The van der Waals surface area contributed by atoms with Crippen molar-refractivity contribution in [3.63, 3.8) is 0 Å². The molecular weight excluding hydrogens is 269 g/mol. The van der Waals surface area contributed by atoms with Crippen molar-refractivity contribution in [2.24, 2.45) is 0 Å². The summed E-state index contributed by atoms with van der Waals surface area (Å²) in [6.07, 6.45) is 0. The summed E-state index contributed by atoms with van der Waals surface area (Å²) >= 11 is 0. The number of hydrogen-bond acceptors (Lipinski definition) is 4. The lowest BCUT2D eigenvalue weighted by atomic mass is 10.2. The van der Waals surface area contributed by atoms with Gasteiger partial charge in [0.15, 0.2) is 9.84 Å². The number of hydrogen-bond donors (Lipinski definition) is 0. The second kappa shape index (κ2) is 5.13. The Balaban J connectivity index is 2.21. The van der Waals surface area contributed by atoms with Crippen LogP contribution in [0.2, 0.25) is 0 Å². The maximum Gasteiger partial charge on any atom is 0.162 e. The topological polar surface area (TPSA) is 60.2 Å². The van der Waals surface area contributed by atoms with Crippen LogP contribution in [0, 0.1) is 12.7 Å². The van der Waals surface area contributed by atoms with E-state index in [1.54, 1.807) is 19.9 Å². The molecule has 0 unspecified atom stereocenters. The Labute approximate surface area is 111 Å². The second-order valence-electron chi connectivity index (χ2n) is 4.43. The van der Waals surface area contributed by atoms with Crippen LogP contribution in [-0.2, 0) is 15.6 Å². The third-order valence-electron chi connectivity index (χ3n) is 2.90. The molecule has 0 aliphatic rings. The van der Waals surface area contributed by atoms with E-state index in [1.807, 2.05) is 0 Å². The van der Waals surface area contributed by atoms with Gasteiger partial charge in [-0.2, -0.15) is 0 Å². The predicted molar refractivity (Wildman–Crippen MR) is 68.7 cm³/mol. The van der Waals surface area contributed by atoms with Crippen LogP contribution in [0.15, 0.2) is 34.9 Å². The first-order valence-corrected chi connectivity index (χ1v) is 7.49. The van der Waals surface area contributed by atoms with Crippen LogP contribution in [0.1, 0.15) is 29.2 Å². The maximum absolute atomic E-state index is 12.8. The Hall–Kier alpha value is -1.69. The van der Waals surface area contributed by atoms with Crippen molar-refractivity contribution in [3.05, 3.63) is 53.2 Å². The number of benzene rings is 1. The highest BCUT2D eigenvalue weighted by Crippen LogP contribution is 2.25. The predicted octanol–water partition coefficient (Wildman–Crippen LogP) is 2.80. The van der Waals surface area contributed by atoms with Crippen LogP contribution in [0.25, 0.3) is 0 Å². The van der Waals surface area contributed by atoms with Crippen molar-refractivity contribution in [1.29, 1.82) is 0 Å². The van der Waals surface area contributed by atoms with Gasteiger partial charge in [0, 0.05) is 6.07 Å². The van der Waals surface area contributed by atoms with Gasteiger partial charge in [-0.25, -0.2) is 12.8 Å². The van der Waals surface area contributed by atoms with E-state index < -0.39 is 15.1 Å². The molecule has 1 heterocycles. The fraction of sp³-hybridized carbons (Fsp3) is 0.308. The summed E-state index contributed by atoms with van der Waals surface area (Å²) in [7, 11) is -3.41. The maximum atomic E-state index is 12.8. The number of sulfone groups is 1. The third-order valence-corrected chi connectivity index (χ3v) is 4.95. The van der Waals surface area contributed by atoms with E-state index in [0.29, 0.717) is 17.0 Å². The van der Waals surface area contributed by atoms with Crippen molar-refractivity contribution in [2.45, 2.75) is 24.9 Å². The number of rotatable bonds is 4. The van der Waals surface area contributed by atoms with Gasteiger partial charge in [-0.15, -0.1) is 0 Å².